The summed E-state index contributed by atoms with van der Waals surface area (Å²) in [4.78, 5) is 26.4. The Morgan fingerprint density at radius 2 is 1.80 bits per heavy atom. The van der Waals surface area contributed by atoms with E-state index in [1.54, 1.807) is 11.9 Å². The fourth-order valence-corrected chi connectivity index (χ4v) is 4.87. The van der Waals surface area contributed by atoms with Crippen molar-refractivity contribution in [2.45, 2.75) is 52.9 Å². The lowest BCUT2D eigenvalue weighted by molar-refractivity contribution is -0.134. The minimum Gasteiger partial charge on any atom is -0.336 e. The molecule has 2 aliphatic carbocycles. The fourth-order valence-electron chi connectivity index (χ4n) is 4.87. The number of hydrogen-bond donors (Lipinski definition) is 1. The highest BCUT2D eigenvalue weighted by Gasteiger charge is 2.40. The topological polar surface area (TPSA) is 49.4 Å². The summed E-state index contributed by atoms with van der Waals surface area (Å²) in [6.07, 6.45) is 5.77. The van der Waals surface area contributed by atoms with Crippen molar-refractivity contribution in [3.63, 3.8) is 0 Å². The van der Waals surface area contributed by atoms with Crippen LogP contribution < -0.4 is 5.32 Å². The lowest BCUT2D eigenvalue weighted by Crippen LogP contribution is -2.36. The molecule has 3 atom stereocenters. The quantitative estimate of drug-likeness (QED) is 0.884. The first-order valence-electron chi connectivity index (χ1n) is 9.45. The maximum absolute atomic E-state index is 12.5. The van der Waals surface area contributed by atoms with Crippen LogP contribution >= 0.6 is 0 Å². The number of nitrogens with zero attached hydrogens (tertiary/aromatic N) is 1. The minimum atomic E-state index is -0.126. The van der Waals surface area contributed by atoms with Crippen LogP contribution in [0.3, 0.4) is 0 Å². The molecular formula is C21H30N2O2. The van der Waals surface area contributed by atoms with Crippen LogP contribution in [0, 0.1) is 38.5 Å². The van der Waals surface area contributed by atoms with Crippen LogP contribution in [-0.2, 0) is 9.59 Å². The molecule has 2 amide bonds. The Morgan fingerprint density at radius 3 is 2.36 bits per heavy atom. The summed E-state index contributed by atoms with van der Waals surface area (Å²) < 4.78 is 0. The van der Waals surface area contributed by atoms with Crippen LogP contribution in [0.4, 0.5) is 5.69 Å². The van der Waals surface area contributed by atoms with Crippen LogP contribution in [0.5, 0.6) is 0 Å². The Balaban J connectivity index is 1.53. The molecule has 0 heterocycles. The van der Waals surface area contributed by atoms with Crippen LogP contribution in [0.2, 0.25) is 0 Å². The summed E-state index contributed by atoms with van der Waals surface area (Å²) in [7, 11) is 1.74. The zero-order chi connectivity index (χ0) is 18.1. The van der Waals surface area contributed by atoms with Gasteiger partial charge in [0.2, 0.25) is 11.8 Å². The van der Waals surface area contributed by atoms with Crippen molar-refractivity contribution in [3.8, 4) is 0 Å². The van der Waals surface area contributed by atoms with E-state index in [2.05, 4.69) is 17.4 Å². The SMILES string of the molecule is Cc1cc(C)c(NC(=O)CN(C)C(=O)C[C@@H]2C[C@H]3CC[C@@H]2C3)c(C)c1. The van der Waals surface area contributed by atoms with Gasteiger partial charge in [0.25, 0.3) is 0 Å². The van der Waals surface area contributed by atoms with Crippen LogP contribution in [0.25, 0.3) is 0 Å². The zero-order valence-corrected chi connectivity index (χ0v) is 15.9. The van der Waals surface area contributed by atoms with E-state index in [1.165, 1.54) is 31.2 Å². The van der Waals surface area contributed by atoms with Gasteiger partial charge in [-0.25, -0.2) is 0 Å². The minimum absolute atomic E-state index is 0.102. The largest absolute Gasteiger partial charge is 0.336 e. The van der Waals surface area contributed by atoms with E-state index in [0.29, 0.717) is 12.3 Å². The molecule has 1 aromatic carbocycles. The molecule has 1 aromatic rings. The number of likely N-dealkylation sites (N-methyl/N-ethyl adjacent to an activating group) is 1. The normalized spacial score (nSPS) is 24.4. The summed E-state index contributed by atoms with van der Waals surface area (Å²) in [5.41, 5.74) is 4.17. The van der Waals surface area contributed by atoms with Crippen LogP contribution in [-0.4, -0.2) is 30.3 Å². The summed E-state index contributed by atoms with van der Waals surface area (Å²) in [5, 5.41) is 2.98. The molecule has 25 heavy (non-hydrogen) atoms. The van der Waals surface area contributed by atoms with E-state index in [-0.39, 0.29) is 18.4 Å². The van der Waals surface area contributed by atoms with Gasteiger partial charge in [-0.1, -0.05) is 24.1 Å². The van der Waals surface area contributed by atoms with Gasteiger partial charge in [-0.3, -0.25) is 9.59 Å². The summed E-state index contributed by atoms with van der Waals surface area (Å²) in [6.45, 7) is 6.17. The Morgan fingerprint density at radius 1 is 1.12 bits per heavy atom. The van der Waals surface area contributed by atoms with Crippen molar-refractivity contribution < 1.29 is 9.59 Å². The monoisotopic (exact) mass is 342 g/mol. The number of fused-ring (bicyclic) bond motifs is 2. The smallest absolute Gasteiger partial charge is 0.243 e. The third-order valence-corrected chi connectivity index (χ3v) is 6.07. The van der Waals surface area contributed by atoms with Crippen LogP contribution in [0.15, 0.2) is 12.1 Å². The number of carbonyl (C=O) groups excluding carboxylic acids is 2. The number of nitrogens with one attached hydrogen (secondary N) is 1. The number of aryl methyl sites for hydroxylation is 3. The number of carbonyl (C=O) groups is 2. The van der Waals surface area contributed by atoms with E-state index < -0.39 is 0 Å². The molecule has 0 radical (unpaired) electrons. The number of rotatable bonds is 5. The molecule has 2 saturated carbocycles. The Bertz CT molecular complexity index is 659. The Labute approximate surface area is 151 Å². The summed E-state index contributed by atoms with van der Waals surface area (Å²) in [5.74, 6) is 2.11. The van der Waals surface area contributed by atoms with Gasteiger partial charge in [-0.15, -0.1) is 0 Å². The van der Waals surface area contributed by atoms with Gasteiger partial charge in [0.05, 0.1) is 6.54 Å². The number of hydrogen-bond acceptors (Lipinski definition) is 2. The second-order valence-electron chi connectivity index (χ2n) is 8.21. The van der Waals surface area contributed by atoms with Gasteiger partial charge in [-0.05, 0) is 68.9 Å². The Hall–Kier alpha value is -1.84. The lowest BCUT2D eigenvalue weighted by Gasteiger charge is -2.24. The molecule has 0 aliphatic heterocycles. The van der Waals surface area contributed by atoms with Gasteiger partial charge in [0, 0.05) is 19.2 Å². The van der Waals surface area contributed by atoms with Crippen molar-refractivity contribution in [2.75, 3.05) is 18.9 Å². The lowest BCUT2D eigenvalue weighted by atomic mass is 9.86. The van der Waals surface area contributed by atoms with E-state index in [9.17, 15) is 9.59 Å². The van der Waals surface area contributed by atoms with E-state index in [4.69, 9.17) is 0 Å². The van der Waals surface area contributed by atoms with E-state index >= 15 is 0 Å². The molecule has 0 spiro atoms. The zero-order valence-electron chi connectivity index (χ0n) is 15.9. The molecule has 1 N–H and O–H groups in total. The molecule has 2 fully saturated rings. The van der Waals surface area contributed by atoms with E-state index in [0.717, 1.165) is 28.7 Å². The molecule has 4 heteroatoms. The molecule has 0 saturated heterocycles. The standard InChI is InChI=1S/C21H30N2O2/c1-13-7-14(2)21(15(3)8-13)22-19(24)12-23(4)20(25)11-18-10-16-5-6-17(18)9-16/h7-8,16-18H,5-6,9-12H2,1-4H3,(H,22,24)/t16-,17+,18-/m0/s1. The van der Waals surface area contributed by atoms with Crippen molar-refractivity contribution in [3.05, 3.63) is 28.8 Å². The highest BCUT2D eigenvalue weighted by molar-refractivity contribution is 5.95. The summed E-state index contributed by atoms with van der Waals surface area (Å²) >= 11 is 0. The molecule has 3 rings (SSSR count). The molecule has 0 unspecified atom stereocenters. The predicted octanol–water partition coefficient (Wildman–Crippen LogP) is 3.84. The molecular weight excluding hydrogens is 312 g/mol. The molecule has 2 aliphatic rings. The number of anilines is 1. The van der Waals surface area contributed by atoms with Crippen LogP contribution in [0.1, 0.15) is 48.8 Å². The average molecular weight is 342 g/mol. The first-order chi connectivity index (χ1) is 11.8. The van der Waals surface area contributed by atoms with Crippen molar-refractivity contribution in [1.29, 1.82) is 0 Å². The van der Waals surface area contributed by atoms with Crippen molar-refractivity contribution >= 4 is 17.5 Å². The van der Waals surface area contributed by atoms with Gasteiger partial charge in [-0.2, -0.15) is 0 Å². The average Bonchev–Trinajstić information content (AvgIpc) is 3.13. The highest BCUT2D eigenvalue weighted by atomic mass is 16.2. The number of amides is 2. The number of benzene rings is 1. The maximum Gasteiger partial charge on any atom is 0.243 e. The highest BCUT2D eigenvalue weighted by Crippen LogP contribution is 2.49. The third-order valence-electron chi connectivity index (χ3n) is 6.07. The van der Waals surface area contributed by atoms with Gasteiger partial charge in [0.15, 0.2) is 0 Å². The van der Waals surface area contributed by atoms with E-state index in [1.807, 2.05) is 20.8 Å². The van der Waals surface area contributed by atoms with Gasteiger partial charge >= 0.3 is 0 Å². The molecule has 2 bridgehead atoms. The Kier molecular flexibility index (Phi) is 5.16. The first kappa shape index (κ1) is 18.0. The predicted molar refractivity (Wildman–Crippen MR) is 100 cm³/mol. The van der Waals surface area contributed by atoms with Crippen molar-refractivity contribution in [2.24, 2.45) is 17.8 Å². The molecule has 0 aromatic heterocycles. The molecule has 4 nitrogen and oxygen atoms in total. The van der Waals surface area contributed by atoms with Gasteiger partial charge < -0.3 is 10.2 Å². The second kappa shape index (κ2) is 7.19. The summed E-state index contributed by atoms with van der Waals surface area (Å²) in [6, 6.07) is 4.12. The van der Waals surface area contributed by atoms with Gasteiger partial charge in [0.1, 0.15) is 0 Å². The third kappa shape index (κ3) is 4.05. The first-order valence-corrected chi connectivity index (χ1v) is 9.45. The second-order valence-corrected chi connectivity index (χ2v) is 8.21. The fraction of sp³-hybridized carbons (Fsp3) is 0.619. The van der Waals surface area contributed by atoms with Crippen molar-refractivity contribution in [1.82, 2.24) is 4.90 Å². The maximum atomic E-state index is 12.5. The molecule has 136 valence electrons.